The van der Waals surface area contributed by atoms with Gasteiger partial charge < -0.3 is 15.2 Å². The zero-order valence-electron chi connectivity index (χ0n) is 17.7. The first kappa shape index (κ1) is 21.0. The van der Waals surface area contributed by atoms with Gasteiger partial charge in [-0.3, -0.25) is 10.2 Å². The molecule has 0 bridgehead atoms. The van der Waals surface area contributed by atoms with Gasteiger partial charge in [-0.25, -0.2) is 8.78 Å². The second kappa shape index (κ2) is 7.80. The van der Waals surface area contributed by atoms with Gasteiger partial charge in [0.05, 0.1) is 6.54 Å². The molecular formula is C24H26F2N4O. The summed E-state index contributed by atoms with van der Waals surface area (Å²) in [7, 11) is 0. The van der Waals surface area contributed by atoms with E-state index in [4.69, 9.17) is 11.1 Å². The second-order valence-electron chi connectivity index (χ2n) is 8.53. The van der Waals surface area contributed by atoms with Gasteiger partial charge in [-0.2, -0.15) is 0 Å². The summed E-state index contributed by atoms with van der Waals surface area (Å²) in [4.78, 5) is 14.4. The molecule has 0 unspecified atom stereocenters. The number of fused-ring (bicyclic) bond motifs is 1. The van der Waals surface area contributed by atoms with E-state index in [0.717, 1.165) is 16.5 Å². The van der Waals surface area contributed by atoms with Gasteiger partial charge in [-0.1, -0.05) is 50.2 Å². The number of nitrogens with zero attached hydrogens (tertiary/aromatic N) is 2. The maximum Gasteiger partial charge on any atom is 0.270 e. The van der Waals surface area contributed by atoms with E-state index in [1.165, 1.54) is 10.5 Å². The van der Waals surface area contributed by atoms with Crippen molar-refractivity contribution in [2.24, 2.45) is 5.73 Å². The van der Waals surface area contributed by atoms with Crippen LogP contribution in [-0.2, 0) is 6.54 Å². The van der Waals surface area contributed by atoms with E-state index < -0.39 is 18.4 Å². The second-order valence-corrected chi connectivity index (χ2v) is 8.53. The molecule has 2 aromatic carbocycles. The summed E-state index contributed by atoms with van der Waals surface area (Å²) in [5.41, 5.74) is 9.54. The molecule has 0 radical (unpaired) electrons. The Morgan fingerprint density at radius 2 is 1.87 bits per heavy atom. The number of carbonyl (C=O) groups excluding carboxylic acids is 1. The third kappa shape index (κ3) is 4.17. The van der Waals surface area contributed by atoms with Crippen LogP contribution in [-0.4, -0.2) is 40.2 Å². The lowest BCUT2D eigenvalue weighted by Crippen LogP contribution is -2.32. The number of nitrogen functional groups attached to an aromatic ring is 1. The number of nitrogens with one attached hydrogen (secondary N) is 1. The lowest BCUT2D eigenvalue weighted by Gasteiger charge is -2.18. The quantitative estimate of drug-likeness (QED) is 0.465. The normalized spacial score (nSPS) is 15.7. The van der Waals surface area contributed by atoms with E-state index in [9.17, 15) is 13.6 Å². The Balaban J connectivity index is 1.77. The fourth-order valence-electron chi connectivity index (χ4n) is 4.03. The van der Waals surface area contributed by atoms with Crippen molar-refractivity contribution in [1.82, 2.24) is 9.47 Å². The Morgan fingerprint density at radius 1 is 1.16 bits per heavy atom. The van der Waals surface area contributed by atoms with E-state index in [-0.39, 0.29) is 18.8 Å². The maximum atomic E-state index is 13.7. The molecule has 0 spiro atoms. The molecule has 1 aliphatic heterocycles. The van der Waals surface area contributed by atoms with Crippen LogP contribution in [0.15, 0.2) is 48.5 Å². The van der Waals surface area contributed by atoms with Gasteiger partial charge in [-0.05, 0) is 29.2 Å². The number of carbonyl (C=O) groups is 1. The van der Waals surface area contributed by atoms with Crippen molar-refractivity contribution in [1.29, 1.82) is 5.41 Å². The number of alkyl halides is 2. The number of hydrogen-bond donors (Lipinski definition) is 2. The molecule has 0 aliphatic carbocycles. The number of amides is 1. The standard InChI is InChI=1S/C24H26F2N4O/c1-15(2)17-5-3-16(4-6-17)13-30-20-12-19(22(27)28)8-7-18(20)11-21(30)23(31)29-10-9-24(25,26)14-29/h3-8,11-12,15H,9-10,13-14H2,1-2H3,(H3,27,28). The average molecular weight is 424 g/mol. The number of likely N-dealkylation sites (tertiary alicyclic amines) is 1. The Bertz CT molecular complexity index is 1150. The summed E-state index contributed by atoms with van der Waals surface area (Å²) in [5, 5.41) is 8.55. The minimum absolute atomic E-state index is 0.0368. The van der Waals surface area contributed by atoms with Crippen LogP contribution in [0.2, 0.25) is 0 Å². The Kier molecular flexibility index (Phi) is 5.29. The molecule has 1 amide bonds. The van der Waals surface area contributed by atoms with Gasteiger partial charge in [0.2, 0.25) is 0 Å². The van der Waals surface area contributed by atoms with Crippen LogP contribution in [0.5, 0.6) is 0 Å². The summed E-state index contributed by atoms with van der Waals surface area (Å²) in [6.45, 7) is 4.14. The first-order valence-corrected chi connectivity index (χ1v) is 10.4. The molecule has 162 valence electrons. The number of amidine groups is 1. The summed E-state index contributed by atoms with van der Waals surface area (Å²) in [6, 6.07) is 15.2. The minimum atomic E-state index is -2.85. The van der Waals surface area contributed by atoms with Crippen LogP contribution in [0, 0.1) is 5.41 Å². The smallest absolute Gasteiger partial charge is 0.270 e. The fraction of sp³-hybridized carbons (Fsp3) is 0.333. The van der Waals surface area contributed by atoms with Crippen molar-refractivity contribution in [3.05, 3.63) is 70.9 Å². The molecule has 1 fully saturated rings. The van der Waals surface area contributed by atoms with Crippen LogP contribution in [0.3, 0.4) is 0 Å². The Morgan fingerprint density at radius 3 is 2.45 bits per heavy atom. The lowest BCUT2D eigenvalue weighted by molar-refractivity contribution is 0.0119. The largest absolute Gasteiger partial charge is 0.384 e. The minimum Gasteiger partial charge on any atom is -0.384 e. The SMILES string of the molecule is CC(C)c1ccc(Cn2c(C(=O)N3CCC(F)(F)C3)cc3ccc(C(=N)N)cc32)cc1. The summed E-state index contributed by atoms with van der Waals surface area (Å²) in [5.74, 6) is -2.91. The fourth-order valence-corrected chi connectivity index (χ4v) is 4.03. The highest BCUT2D eigenvalue weighted by molar-refractivity contribution is 6.02. The van der Waals surface area contributed by atoms with Crippen LogP contribution in [0.1, 0.15) is 53.4 Å². The molecule has 3 N–H and O–H groups in total. The molecule has 0 saturated carbocycles. The average Bonchev–Trinajstić information content (AvgIpc) is 3.27. The van der Waals surface area contributed by atoms with Gasteiger partial charge in [0, 0.05) is 36.0 Å². The van der Waals surface area contributed by atoms with E-state index in [1.807, 2.05) is 16.7 Å². The molecule has 0 atom stereocenters. The molecule has 1 aromatic heterocycles. The van der Waals surface area contributed by atoms with Crippen LogP contribution in [0.25, 0.3) is 10.9 Å². The predicted molar refractivity (Wildman–Crippen MR) is 118 cm³/mol. The van der Waals surface area contributed by atoms with Gasteiger partial charge in [-0.15, -0.1) is 0 Å². The van der Waals surface area contributed by atoms with Gasteiger partial charge in [0.1, 0.15) is 11.5 Å². The Labute approximate surface area is 180 Å². The molecular weight excluding hydrogens is 398 g/mol. The third-order valence-electron chi connectivity index (χ3n) is 5.88. The molecule has 7 heteroatoms. The lowest BCUT2D eigenvalue weighted by atomic mass is 10.0. The number of hydrogen-bond acceptors (Lipinski definition) is 2. The first-order chi connectivity index (χ1) is 14.6. The van der Waals surface area contributed by atoms with Crippen LogP contribution in [0.4, 0.5) is 8.78 Å². The van der Waals surface area contributed by atoms with Crippen LogP contribution >= 0.6 is 0 Å². The van der Waals surface area contributed by atoms with Crippen LogP contribution < -0.4 is 5.73 Å². The highest BCUT2D eigenvalue weighted by Crippen LogP contribution is 2.30. The van der Waals surface area contributed by atoms with Crippen molar-refractivity contribution in [2.45, 2.75) is 38.7 Å². The number of benzene rings is 2. The zero-order valence-corrected chi connectivity index (χ0v) is 17.7. The molecule has 1 aliphatic rings. The van der Waals surface area contributed by atoms with E-state index in [2.05, 4.69) is 26.0 Å². The highest BCUT2D eigenvalue weighted by Gasteiger charge is 2.41. The van der Waals surface area contributed by atoms with E-state index >= 15 is 0 Å². The Hall–Kier alpha value is -3.22. The number of aromatic nitrogens is 1. The molecule has 1 saturated heterocycles. The third-order valence-corrected chi connectivity index (χ3v) is 5.88. The van der Waals surface area contributed by atoms with Crippen molar-refractivity contribution in [2.75, 3.05) is 13.1 Å². The summed E-state index contributed by atoms with van der Waals surface area (Å²) >= 11 is 0. The number of nitrogens with two attached hydrogens (primary N) is 1. The summed E-state index contributed by atoms with van der Waals surface area (Å²) < 4.78 is 29.3. The van der Waals surface area contributed by atoms with Gasteiger partial charge in [0.25, 0.3) is 11.8 Å². The number of halogens is 2. The monoisotopic (exact) mass is 424 g/mol. The van der Waals surface area contributed by atoms with Crippen molar-refractivity contribution >= 4 is 22.6 Å². The summed E-state index contributed by atoms with van der Waals surface area (Å²) in [6.07, 6.45) is -0.315. The van der Waals surface area contributed by atoms with Gasteiger partial charge in [0.15, 0.2) is 0 Å². The predicted octanol–water partition coefficient (Wildman–Crippen LogP) is 4.58. The molecule has 4 rings (SSSR count). The van der Waals surface area contributed by atoms with E-state index in [1.54, 1.807) is 24.3 Å². The van der Waals surface area contributed by atoms with Crippen molar-refractivity contribution in [3.8, 4) is 0 Å². The zero-order chi connectivity index (χ0) is 22.3. The topological polar surface area (TPSA) is 75.1 Å². The maximum absolute atomic E-state index is 13.7. The first-order valence-electron chi connectivity index (χ1n) is 10.4. The van der Waals surface area contributed by atoms with Crippen molar-refractivity contribution in [3.63, 3.8) is 0 Å². The molecule has 2 heterocycles. The van der Waals surface area contributed by atoms with Gasteiger partial charge >= 0.3 is 0 Å². The highest BCUT2D eigenvalue weighted by atomic mass is 19.3. The number of rotatable bonds is 5. The van der Waals surface area contributed by atoms with E-state index in [0.29, 0.717) is 23.7 Å². The molecule has 31 heavy (non-hydrogen) atoms. The van der Waals surface area contributed by atoms with Crippen molar-refractivity contribution < 1.29 is 13.6 Å². The molecule has 3 aromatic rings. The molecule has 5 nitrogen and oxygen atoms in total.